The largest absolute Gasteiger partial charge is 0.362 e. The monoisotopic (exact) mass is 378 g/mol. The van der Waals surface area contributed by atoms with Crippen LogP contribution < -0.4 is 16.4 Å². The summed E-state index contributed by atoms with van der Waals surface area (Å²) in [6.45, 7) is -0.610. The lowest BCUT2D eigenvalue weighted by molar-refractivity contribution is -0.180. The van der Waals surface area contributed by atoms with Gasteiger partial charge in [0.1, 0.15) is 6.04 Å². The third-order valence-corrected chi connectivity index (χ3v) is 5.06. The summed E-state index contributed by atoms with van der Waals surface area (Å²) < 4.78 is 35.9. The Morgan fingerprint density at radius 1 is 1.54 bits per heavy atom. The molecule has 5 N–H and O–H groups in total. The van der Waals surface area contributed by atoms with Crippen LogP contribution >= 0.6 is 11.3 Å². The van der Waals surface area contributed by atoms with Crippen molar-refractivity contribution in [3.8, 4) is 0 Å². The van der Waals surface area contributed by atoms with Crippen molar-refractivity contribution in [2.75, 3.05) is 13.7 Å². The fourth-order valence-corrected chi connectivity index (χ4v) is 3.54. The number of β-lactam (4-membered cyclic amide) rings is 1. The molecule has 11 nitrogen and oxygen atoms in total. The molecule has 2 atom stereocenters. The molecule has 24 heavy (non-hydrogen) atoms. The number of thiophene rings is 1. The van der Waals surface area contributed by atoms with Crippen LogP contribution in [0.2, 0.25) is 0 Å². The predicted molar refractivity (Wildman–Crippen MR) is 80.9 cm³/mol. The topological polar surface area (TPSA) is 168 Å². The van der Waals surface area contributed by atoms with E-state index in [9.17, 15) is 22.8 Å². The second-order valence-corrected chi connectivity index (χ2v) is 7.08. The number of nitrogens with one attached hydrogen (secondary N) is 2. The van der Waals surface area contributed by atoms with Gasteiger partial charge in [0.05, 0.1) is 6.54 Å². The van der Waals surface area contributed by atoms with E-state index < -0.39 is 46.5 Å². The van der Waals surface area contributed by atoms with E-state index in [0.29, 0.717) is 4.88 Å². The predicted octanol–water partition coefficient (Wildman–Crippen LogP) is -1.44. The highest BCUT2D eigenvalue weighted by atomic mass is 32.2. The minimum atomic E-state index is -4.75. The van der Waals surface area contributed by atoms with E-state index in [1.165, 1.54) is 0 Å². The number of carbonyl (C=O) groups is 3. The van der Waals surface area contributed by atoms with Gasteiger partial charge in [-0.15, -0.1) is 11.3 Å². The Balaban J connectivity index is 2.20. The number of hydrogen-bond acceptors (Lipinski definition) is 7. The molecular formula is C11H14N4O7S2. The summed E-state index contributed by atoms with van der Waals surface area (Å²) in [7, 11) is -3.67. The van der Waals surface area contributed by atoms with Crippen molar-refractivity contribution < 1.29 is 32.1 Å². The number of urea groups is 1. The summed E-state index contributed by atoms with van der Waals surface area (Å²) in [6, 6.07) is 1.05. The minimum Gasteiger partial charge on any atom is -0.352 e. The molecule has 0 radical (unpaired) electrons. The quantitative estimate of drug-likeness (QED) is 0.267. The number of methoxy groups -OCH3 is 1. The number of nitrogens with zero attached hydrogens (tertiary/aromatic N) is 1. The van der Waals surface area contributed by atoms with Crippen molar-refractivity contribution in [1.82, 2.24) is 14.9 Å². The zero-order valence-electron chi connectivity index (χ0n) is 12.3. The number of carbonyl (C=O) groups excluding carboxylic acids is 3. The molecule has 2 unspecified atom stereocenters. The van der Waals surface area contributed by atoms with Gasteiger partial charge in [-0.05, 0) is 11.4 Å². The van der Waals surface area contributed by atoms with E-state index >= 15 is 0 Å². The highest BCUT2D eigenvalue weighted by Gasteiger charge is 2.59. The van der Waals surface area contributed by atoms with Gasteiger partial charge in [0.25, 0.3) is 11.8 Å². The standard InChI is InChI=1S/C11H14N4O7S2/c1-22-11(5-15(9(11)17)24(19,20)21)14-8(16)7(13-10(12)18)6-3-2-4-23-6/h2-4,7H,5H2,1H3,(H,14,16)(H3,12,13,18)(H,19,20,21). The van der Waals surface area contributed by atoms with Crippen LogP contribution in [0.3, 0.4) is 0 Å². The van der Waals surface area contributed by atoms with E-state index in [4.69, 9.17) is 15.0 Å². The summed E-state index contributed by atoms with van der Waals surface area (Å²) in [6.07, 6.45) is 0. The molecule has 0 bridgehead atoms. The zero-order valence-corrected chi connectivity index (χ0v) is 13.9. The lowest BCUT2D eigenvalue weighted by atomic mass is 10.1. The van der Waals surface area contributed by atoms with Crippen LogP contribution in [-0.2, 0) is 24.6 Å². The third-order valence-electron chi connectivity index (χ3n) is 3.27. The Labute approximate surface area is 140 Å². The Bertz CT molecular complexity index is 763. The molecule has 2 rings (SSSR count). The molecule has 1 fully saturated rings. The molecule has 0 aliphatic carbocycles. The van der Waals surface area contributed by atoms with Crippen molar-refractivity contribution in [3.05, 3.63) is 22.4 Å². The Hall–Kier alpha value is -2.22. The van der Waals surface area contributed by atoms with Gasteiger partial charge >= 0.3 is 16.3 Å². The van der Waals surface area contributed by atoms with Gasteiger partial charge in [0, 0.05) is 12.0 Å². The molecule has 1 aromatic rings. The lowest BCUT2D eigenvalue weighted by Crippen LogP contribution is -2.76. The van der Waals surface area contributed by atoms with Gasteiger partial charge in [-0.3, -0.25) is 14.1 Å². The minimum absolute atomic E-state index is 0.137. The number of rotatable bonds is 6. The highest BCUT2D eigenvalue weighted by Crippen LogP contribution is 2.28. The second-order valence-electron chi connectivity index (χ2n) is 4.77. The Morgan fingerprint density at radius 3 is 2.62 bits per heavy atom. The van der Waals surface area contributed by atoms with Gasteiger partial charge in [0.2, 0.25) is 5.72 Å². The first kappa shape index (κ1) is 18.1. The molecule has 4 amide bonds. The highest BCUT2D eigenvalue weighted by molar-refractivity contribution is 7.84. The molecule has 0 saturated carbocycles. The first-order valence-corrected chi connectivity index (χ1v) is 8.64. The van der Waals surface area contributed by atoms with Crippen molar-refractivity contribution in [2.24, 2.45) is 5.73 Å². The number of hydrogen-bond donors (Lipinski definition) is 4. The molecule has 1 aliphatic rings. The van der Waals surface area contributed by atoms with Crippen LogP contribution in [0.25, 0.3) is 0 Å². The Kier molecular flexibility index (Phi) is 4.80. The van der Waals surface area contributed by atoms with Crippen LogP contribution in [0, 0.1) is 0 Å². The van der Waals surface area contributed by atoms with E-state index in [1.54, 1.807) is 17.5 Å². The van der Waals surface area contributed by atoms with Gasteiger partial charge < -0.3 is 21.1 Å². The third kappa shape index (κ3) is 3.33. The molecule has 1 aromatic heterocycles. The maximum Gasteiger partial charge on any atom is 0.362 e. The van der Waals surface area contributed by atoms with Crippen molar-refractivity contribution >= 4 is 39.5 Å². The SMILES string of the molecule is COC1(NC(=O)C(NC(N)=O)c2cccs2)CN(S(=O)(=O)O)C1=O. The average molecular weight is 378 g/mol. The fourth-order valence-electron chi connectivity index (χ4n) is 2.07. The zero-order chi connectivity index (χ0) is 18.1. The average Bonchev–Trinajstić information content (AvgIpc) is 3.00. The molecule has 1 aliphatic heterocycles. The molecule has 2 heterocycles. The lowest BCUT2D eigenvalue weighted by Gasteiger charge is -2.45. The van der Waals surface area contributed by atoms with E-state index in [2.05, 4.69) is 10.6 Å². The summed E-state index contributed by atoms with van der Waals surface area (Å²) in [5.74, 6) is -1.99. The summed E-state index contributed by atoms with van der Waals surface area (Å²) >= 11 is 1.16. The molecule has 0 aromatic carbocycles. The first-order valence-electron chi connectivity index (χ1n) is 6.37. The Morgan fingerprint density at radius 2 is 2.21 bits per heavy atom. The van der Waals surface area contributed by atoms with E-state index in [0.717, 1.165) is 18.4 Å². The van der Waals surface area contributed by atoms with Gasteiger partial charge in [0.15, 0.2) is 0 Å². The van der Waals surface area contributed by atoms with Gasteiger partial charge in [-0.1, -0.05) is 6.07 Å². The number of ether oxygens (including phenoxy) is 1. The van der Waals surface area contributed by atoms with Crippen LogP contribution in [-0.4, -0.2) is 54.5 Å². The number of primary amides is 1. The van der Waals surface area contributed by atoms with Crippen molar-refractivity contribution in [1.29, 1.82) is 0 Å². The maximum atomic E-state index is 12.4. The molecule has 1 saturated heterocycles. The number of amides is 4. The van der Waals surface area contributed by atoms with Gasteiger partial charge in [-0.25, -0.2) is 9.10 Å². The molecular weight excluding hydrogens is 364 g/mol. The number of nitrogens with two attached hydrogens (primary N) is 1. The molecule has 13 heteroatoms. The van der Waals surface area contributed by atoms with E-state index in [-0.39, 0.29) is 4.31 Å². The first-order chi connectivity index (χ1) is 11.1. The van der Waals surface area contributed by atoms with Crippen molar-refractivity contribution in [3.63, 3.8) is 0 Å². The summed E-state index contributed by atoms with van der Waals surface area (Å²) in [4.78, 5) is 35.9. The normalized spacial score (nSPS) is 21.8. The van der Waals surface area contributed by atoms with Crippen LogP contribution in [0.5, 0.6) is 0 Å². The van der Waals surface area contributed by atoms with Crippen LogP contribution in [0.15, 0.2) is 17.5 Å². The summed E-state index contributed by atoms with van der Waals surface area (Å²) in [5, 5.41) is 6.12. The van der Waals surface area contributed by atoms with Crippen LogP contribution in [0.4, 0.5) is 4.79 Å². The van der Waals surface area contributed by atoms with E-state index in [1.807, 2.05) is 0 Å². The van der Waals surface area contributed by atoms with Crippen molar-refractivity contribution in [2.45, 2.75) is 11.8 Å². The van der Waals surface area contributed by atoms with Gasteiger partial charge in [-0.2, -0.15) is 8.42 Å². The second kappa shape index (κ2) is 6.35. The summed E-state index contributed by atoms with van der Waals surface area (Å²) in [5.41, 5.74) is 3.09. The van der Waals surface area contributed by atoms with Crippen LogP contribution in [0.1, 0.15) is 10.9 Å². The molecule has 0 spiro atoms. The molecule has 132 valence electrons. The smallest absolute Gasteiger partial charge is 0.352 e. The fraction of sp³-hybridized carbons (Fsp3) is 0.364. The maximum absolute atomic E-state index is 12.4.